The first-order valence-electron chi connectivity index (χ1n) is 8.36. The van der Waals surface area contributed by atoms with Gasteiger partial charge >= 0.3 is 7.12 Å². The molecule has 1 amide bonds. The van der Waals surface area contributed by atoms with Crippen LogP contribution in [-0.2, 0) is 17.8 Å². The molecule has 10 heteroatoms. The highest BCUT2D eigenvalue weighted by molar-refractivity contribution is 6.43. The summed E-state index contributed by atoms with van der Waals surface area (Å²) in [7, 11) is -1.61. The molecule has 0 saturated heterocycles. The van der Waals surface area contributed by atoms with E-state index in [2.05, 4.69) is 15.4 Å². The number of hydrogen-bond acceptors (Lipinski definition) is 6. The minimum atomic E-state index is -1.61. The molecule has 8 nitrogen and oxygen atoms in total. The smallest absolute Gasteiger partial charge is 0.426 e. The number of nitrogens with zero attached hydrogens (tertiary/aromatic N) is 3. The van der Waals surface area contributed by atoms with Crippen molar-refractivity contribution in [2.24, 2.45) is 5.73 Å². The predicted molar refractivity (Wildman–Crippen MR) is 102 cm³/mol. The van der Waals surface area contributed by atoms with E-state index in [4.69, 9.17) is 5.73 Å². The molecular formula is C16H25BClN5O3. The average Bonchev–Trinajstić information content (AvgIpc) is 3.01. The number of unbranched alkanes of at least 4 members (excludes halogenated alkanes) is 1. The van der Waals surface area contributed by atoms with Crippen molar-refractivity contribution in [1.82, 2.24) is 20.1 Å². The second-order valence-electron chi connectivity index (χ2n) is 5.87. The molecule has 1 aromatic heterocycles. The van der Waals surface area contributed by atoms with Gasteiger partial charge in [0.15, 0.2) is 0 Å². The van der Waals surface area contributed by atoms with Crippen LogP contribution in [0.25, 0.3) is 0 Å². The Morgan fingerprint density at radius 1 is 1.27 bits per heavy atom. The third kappa shape index (κ3) is 7.13. The van der Waals surface area contributed by atoms with E-state index in [1.807, 2.05) is 30.3 Å². The molecule has 142 valence electrons. The Hall–Kier alpha value is -1.94. The van der Waals surface area contributed by atoms with Crippen LogP contribution in [0.15, 0.2) is 36.7 Å². The topological polar surface area (TPSA) is 126 Å². The van der Waals surface area contributed by atoms with Crippen molar-refractivity contribution in [3.63, 3.8) is 0 Å². The molecule has 0 bridgehead atoms. The Kier molecular flexibility index (Phi) is 9.89. The number of aromatic nitrogens is 3. The lowest BCUT2D eigenvalue weighted by Crippen LogP contribution is -2.47. The van der Waals surface area contributed by atoms with Crippen molar-refractivity contribution >= 4 is 25.4 Å². The highest BCUT2D eigenvalue weighted by Crippen LogP contribution is 2.07. The minimum absolute atomic E-state index is 0. The second kappa shape index (κ2) is 11.6. The lowest BCUT2D eigenvalue weighted by atomic mass is 9.76. The molecule has 0 aliphatic rings. The van der Waals surface area contributed by atoms with Gasteiger partial charge in [0.1, 0.15) is 18.7 Å². The summed E-state index contributed by atoms with van der Waals surface area (Å²) >= 11 is 0. The third-order valence-electron chi connectivity index (χ3n) is 3.87. The molecule has 2 rings (SSSR count). The largest absolute Gasteiger partial charge is 0.475 e. The highest BCUT2D eigenvalue weighted by atomic mass is 35.5. The minimum Gasteiger partial charge on any atom is -0.426 e. The Bertz CT molecular complexity index is 656. The molecule has 1 heterocycles. The number of carbonyl (C=O) groups is 1. The number of rotatable bonds is 10. The molecule has 0 aliphatic carbocycles. The number of nitrogens with one attached hydrogen (secondary N) is 1. The summed E-state index contributed by atoms with van der Waals surface area (Å²) < 4.78 is 1.52. The van der Waals surface area contributed by atoms with E-state index in [1.165, 1.54) is 11.0 Å². The van der Waals surface area contributed by atoms with Gasteiger partial charge in [-0.2, -0.15) is 5.10 Å². The SMILES string of the molecule is Cl.NCCCCC(NC(=O)Cn1ncnc1Cc1ccccc1)B(O)O. The van der Waals surface area contributed by atoms with Crippen LogP contribution in [0.4, 0.5) is 0 Å². The summed E-state index contributed by atoms with van der Waals surface area (Å²) in [6.45, 7) is 0.506. The molecule has 26 heavy (non-hydrogen) atoms. The quantitative estimate of drug-likeness (QED) is 0.337. The summed E-state index contributed by atoms with van der Waals surface area (Å²) in [4.78, 5) is 16.4. The van der Waals surface area contributed by atoms with Gasteiger partial charge in [-0.05, 0) is 24.9 Å². The lowest BCUT2D eigenvalue weighted by molar-refractivity contribution is -0.122. The summed E-state index contributed by atoms with van der Waals surface area (Å²) in [6, 6.07) is 9.78. The maximum atomic E-state index is 12.2. The lowest BCUT2D eigenvalue weighted by Gasteiger charge is -2.17. The number of halogens is 1. The van der Waals surface area contributed by atoms with Gasteiger partial charge in [0.2, 0.25) is 5.91 Å². The van der Waals surface area contributed by atoms with Crippen LogP contribution in [0.1, 0.15) is 30.7 Å². The van der Waals surface area contributed by atoms with E-state index in [0.29, 0.717) is 31.6 Å². The van der Waals surface area contributed by atoms with Crippen molar-refractivity contribution in [1.29, 1.82) is 0 Å². The van der Waals surface area contributed by atoms with Crippen molar-refractivity contribution in [2.75, 3.05) is 6.54 Å². The Morgan fingerprint density at radius 3 is 2.65 bits per heavy atom. The van der Waals surface area contributed by atoms with Crippen LogP contribution >= 0.6 is 12.4 Å². The maximum absolute atomic E-state index is 12.2. The molecule has 1 aromatic carbocycles. The third-order valence-corrected chi connectivity index (χ3v) is 3.87. The normalized spacial score (nSPS) is 11.5. The zero-order valence-corrected chi connectivity index (χ0v) is 15.3. The summed E-state index contributed by atoms with van der Waals surface area (Å²) in [6.07, 6.45) is 3.90. The maximum Gasteiger partial charge on any atom is 0.475 e. The number of hydrogen-bond donors (Lipinski definition) is 4. The zero-order valence-electron chi connectivity index (χ0n) is 14.5. The fraction of sp³-hybridized carbons (Fsp3) is 0.438. The van der Waals surface area contributed by atoms with E-state index in [1.54, 1.807) is 0 Å². The summed E-state index contributed by atoms with van der Waals surface area (Å²) in [5.74, 6) is -0.392. The van der Waals surface area contributed by atoms with Crippen molar-refractivity contribution in [3.8, 4) is 0 Å². The predicted octanol–water partition coefficient (Wildman–Crippen LogP) is -0.0835. The zero-order chi connectivity index (χ0) is 18.1. The Balaban J connectivity index is 0.00000338. The van der Waals surface area contributed by atoms with Crippen molar-refractivity contribution in [3.05, 3.63) is 48.0 Å². The fourth-order valence-electron chi connectivity index (χ4n) is 2.53. The van der Waals surface area contributed by atoms with E-state index < -0.39 is 13.1 Å². The molecule has 0 fully saturated rings. The molecule has 1 atom stereocenters. The van der Waals surface area contributed by atoms with Crippen LogP contribution in [0.3, 0.4) is 0 Å². The van der Waals surface area contributed by atoms with Crippen molar-refractivity contribution < 1.29 is 14.8 Å². The van der Waals surface area contributed by atoms with Crippen LogP contribution in [0.2, 0.25) is 0 Å². The number of carbonyl (C=O) groups excluding carboxylic acids is 1. The van der Waals surface area contributed by atoms with Gasteiger partial charge in [0.05, 0.1) is 5.94 Å². The number of nitrogens with two attached hydrogens (primary N) is 1. The summed E-state index contributed by atoms with van der Waals surface area (Å²) in [5.41, 5.74) is 6.50. The molecule has 0 saturated carbocycles. The molecule has 0 aliphatic heterocycles. The van der Waals surface area contributed by atoms with Gasteiger partial charge in [-0.1, -0.05) is 36.8 Å². The molecular weight excluding hydrogens is 356 g/mol. The summed E-state index contributed by atoms with van der Waals surface area (Å²) in [5, 5.41) is 25.5. The van der Waals surface area contributed by atoms with Gasteiger partial charge in [0, 0.05) is 6.42 Å². The highest BCUT2D eigenvalue weighted by Gasteiger charge is 2.25. The first-order valence-corrected chi connectivity index (χ1v) is 8.36. The Labute approximate surface area is 159 Å². The van der Waals surface area contributed by atoms with Gasteiger partial charge in [0.25, 0.3) is 0 Å². The first-order chi connectivity index (χ1) is 12.1. The number of benzene rings is 1. The van der Waals surface area contributed by atoms with Gasteiger partial charge in [-0.3, -0.25) is 4.79 Å². The average molecular weight is 382 g/mol. The number of amides is 1. The molecule has 1 unspecified atom stereocenters. The Morgan fingerprint density at radius 2 is 2.00 bits per heavy atom. The van der Waals surface area contributed by atoms with E-state index in [0.717, 1.165) is 12.0 Å². The molecule has 0 radical (unpaired) electrons. The van der Waals surface area contributed by atoms with Crippen molar-refractivity contribution in [2.45, 2.75) is 38.2 Å². The molecule has 0 spiro atoms. The monoisotopic (exact) mass is 381 g/mol. The van der Waals surface area contributed by atoms with Gasteiger partial charge in [-0.25, -0.2) is 9.67 Å². The van der Waals surface area contributed by atoms with E-state index in [-0.39, 0.29) is 24.9 Å². The fourth-order valence-corrected chi connectivity index (χ4v) is 2.53. The molecule has 2 aromatic rings. The first kappa shape index (κ1) is 22.1. The molecule has 5 N–H and O–H groups in total. The van der Waals surface area contributed by atoms with Crippen LogP contribution in [0, 0.1) is 0 Å². The van der Waals surface area contributed by atoms with Gasteiger partial charge in [-0.15, -0.1) is 12.4 Å². The van der Waals surface area contributed by atoms with Crippen LogP contribution in [-0.4, -0.2) is 50.3 Å². The van der Waals surface area contributed by atoms with Gasteiger partial charge < -0.3 is 21.1 Å². The second-order valence-corrected chi connectivity index (χ2v) is 5.87. The van der Waals surface area contributed by atoms with E-state index in [9.17, 15) is 14.8 Å². The van der Waals surface area contributed by atoms with E-state index >= 15 is 0 Å². The standard InChI is InChI=1S/C16H24BN5O3.ClH/c18-9-5-4-8-14(17(24)25)21-16(23)11-22-15(19-12-20-22)10-13-6-2-1-3-7-13;/h1-3,6-7,12,14,24-25H,4-5,8-11,18H2,(H,21,23);1H. The van der Waals surface area contributed by atoms with Crippen LogP contribution < -0.4 is 11.1 Å². The van der Waals surface area contributed by atoms with Crippen LogP contribution in [0.5, 0.6) is 0 Å².